The fourth-order valence-corrected chi connectivity index (χ4v) is 1.89. The van der Waals surface area contributed by atoms with Crippen LogP contribution in [0.1, 0.15) is 35.1 Å². The van der Waals surface area contributed by atoms with Crippen LogP contribution in [0.5, 0.6) is 0 Å². The molecule has 1 aromatic rings. The van der Waals surface area contributed by atoms with E-state index in [1.54, 1.807) is 0 Å². The van der Waals surface area contributed by atoms with Gasteiger partial charge in [0.05, 0.1) is 6.04 Å². The van der Waals surface area contributed by atoms with Gasteiger partial charge in [-0.05, 0) is 26.4 Å². The number of oxazole rings is 1. The average Bonchev–Trinajstić information content (AvgIpc) is 2.70. The smallest absolute Gasteiger partial charge is 0.358 e. The summed E-state index contributed by atoms with van der Waals surface area (Å²) in [5, 5.41) is 8.86. The predicted molar refractivity (Wildman–Crippen MR) is 48.1 cm³/mol. The van der Waals surface area contributed by atoms with Gasteiger partial charge in [-0.2, -0.15) is 0 Å². The molecule has 1 N–H and O–H groups in total. The van der Waals surface area contributed by atoms with Gasteiger partial charge in [-0.25, -0.2) is 9.78 Å². The Morgan fingerprint density at radius 1 is 1.79 bits per heavy atom. The number of carbonyl (C=O) groups is 1. The molecular weight excluding hydrogens is 184 g/mol. The van der Waals surface area contributed by atoms with Crippen molar-refractivity contribution in [2.75, 3.05) is 13.6 Å². The Kier molecular flexibility index (Phi) is 2.25. The third-order valence-corrected chi connectivity index (χ3v) is 2.62. The fraction of sp³-hybridized carbons (Fsp3) is 0.556. The second kappa shape index (κ2) is 3.42. The van der Waals surface area contributed by atoms with Crippen molar-refractivity contribution in [3.05, 3.63) is 17.8 Å². The predicted octanol–water partition coefficient (Wildman–Crippen LogP) is 1.14. The number of carboxylic acids is 1. The molecule has 1 fully saturated rings. The van der Waals surface area contributed by atoms with Gasteiger partial charge in [0.1, 0.15) is 0 Å². The third-order valence-electron chi connectivity index (χ3n) is 2.62. The van der Waals surface area contributed by atoms with E-state index in [9.17, 15) is 4.79 Å². The molecule has 0 aromatic carbocycles. The van der Waals surface area contributed by atoms with Gasteiger partial charge in [-0.1, -0.05) is 0 Å². The number of carboxylic acid groups (broad SMARTS) is 1. The minimum atomic E-state index is -1.02. The molecule has 76 valence electrons. The Morgan fingerprint density at radius 3 is 3.14 bits per heavy atom. The first-order valence-electron chi connectivity index (χ1n) is 4.57. The van der Waals surface area contributed by atoms with Crippen LogP contribution < -0.4 is 0 Å². The van der Waals surface area contributed by atoms with Crippen LogP contribution in [0.4, 0.5) is 0 Å². The molecule has 2 heterocycles. The van der Waals surface area contributed by atoms with Crippen molar-refractivity contribution < 1.29 is 14.3 Å². The fourth-order valence-electron chi connectivity index (χ4n) is 1.89. The second-order valence-corrected chi connectivity index (χ2v) is 3.51. The number of rotatable bonds is 2. The zero-order valence-corrected chi connectivity index (χ0v) is 7.93. The molecule has 1 aliphatic heterocycles. The van der Waals surface area contributed by atoms with Crippen LogP contribution in [0.25, 0.3) is 0 Å². The van der Waals surface area contributed by atoms with Gasteiger partial charge < -0.3 is 9.52 Å². The molecule has 14 heavy (non-hydrogen) atoms. The van der Waals surface area contributed by atoms with Gasteiger partial charge in [-0.3, -0.25) is 4.90 Å². The first-order chi connectivity index (χ1) is 6.70. The van der Waals surface area contributed by atoms with Crippen molar-refractivity contribution in [2.24, 2.45) is 0 Å². The monoisotopic (exact) mass is 196 g/mol. The number of aromatic carboxylic acids is 1. The highest BCUT2D eigenvalue weighted by atomic mass is 16.4. The van der Waals surface area contributed by atoms with Crippen molar-refractivity contribution in [1.29, 1.82) is 0 Å². The lowest BCUT2D eigenvalue weighted by atomic mass is 10.1. The first-order valence-corrected chi connectivity index (χ1v) is 4.57. The molecule has 0 bridgehead atoms. The van der Waals surface area contributed by atoms with Crippen molar-refractivity contribution in [3.63, 3.8) is 0 Å². The molecule has 0 radical (unpaired) electrons. The van der Waals surface area contributed by atoms with Crippen LogP contribution in [-0.2, 0) is 0 Å². The largest absolute Gasteiger partial charge is 0.476 e. The molecule has 2 rings (SSSR count). The molecule has 0 saturated carbocycles. The highest BCUT2D eigenvalue weighted by molar-refractivity contribution is 5.86. The van der Waals surface area contributed by atoms with E-state index in [4.69, 9.17) is 9.52 Å². The Hall–Kier alpha value is -1.36. The lowest BCUT2D eigenvalue weighted by Gasteiger charge is -2.16. The molecule has 1 atom stereocenters. The molecule has 5 heteroatoms. The van der Waals surface area contributed by atoms with E-state index in [0.29, 0.717) is 5.76 Å². The average molecular weight is 196 g/mol. The van der Waals surface area contributed by atoms with E-state index >= 15 is 0 Å². The normalized spacial score (nSPS) is 22.8. The van der Waals surface area contributed by atoms with Gasteiger partial charge in [0, 0.05) is 0 Å². The maximum Gasteiger partial charge on any atom is 0.358 e. The summed E-state index contributed by atoms with van der Waals surface area (Å²) < 4.78 is 5.15. The Labute approximate surface area is 81.3 Å². The van der Waals surface area contributed by atoms with Crippen LogP contribution in [0.2, 0.25) is 0 Å². The third kappa shape index (κ3) is 1.39. The number of nitrogens with zero attached hydrogens (tertiary/aromatic N) is 2. The van der Waals surface area contributed by atoms with E-state index in [1.807, 2.05) is 7.05 Å². The summed E-state index contributed by atoms with van der Waals surface area (Å²) in [4.78, 5) is 16.6. The van der Waals surface area contributed by atoms with E-state index in [2.05, 4.69) is 9.88 Å². The van der Waals surface area contributed by atoms with Crippen LogP contribution in [-0.4, -0.2) is 34.6 Å². The van der Waals surface area contributed by atoms with E-state index in [0.717, 1.165) is 19.4 Å². The molecule has 5 nitrogen and oxygen atoms in total. The molecule has 0 unspecified atom stereocenters. The maximum atomic E-state index is 10.8. The second-order valence-electron chi connectivity index (χ2n) is 3.51. The Bertz CT molecular complexity index is 348. The zero-order valence-electron chi connectivity index (χ0n) is 7.93. The molecule has 1 saturated heterocycles. The Morgan fingerprint density at radius 2 is 2.57 bits per heavy atom. The summed E-state index contributed by atoms with van der Waals surface area (Å²) in [6.45, 7) is 0.977. The summed E-state index contributed by atoms with van der Waals surface area (Å²) in [6, 6.07) is 0.0728. The van der Waals surface area contributed by atoms with Gasteiger partial charge >= 0.3 is 5.97 Å². The van der Waals surface area contributed by atoms with Crippen LogP contribution in [0.3, 0.4) is 0 Å². The number of likely N-dealkylation sites (tertiary alicyclic amines) is 1. The molecular formula is C9H12N2O3. The quantitative estimate of drug-likeness (QED) is 0.768. The SMILES string of the molecule is CN1CCC[C@H]1c1ocnc1C(=O)O. The number of hydrogen-bond donors (Lipinski definition) is 1. The summed E-state index contributed by atoms with van der Waals surface area (Å²) in [7, 11) is 1.96. The molecule has 1 aliphatic rings. The van der Waals surface area contributed by atoms with Crippen molar-refractivity contribution in [1.82, 2.24) is 9.88 Å². The molecule has 1 aromatic heterocycles. The zero-order chi connectivity index (χ0) is 10.1. The Balaban J connectivity index is 2.31. The summed E-state index contributed by atoms with van der Waals surface area (Å²) >= 11 is 0. The topological polar surface area (TPSA) is 66.6 Å². The highest BCUT2D eigenvalue weighted by Crippen LogP contribution is 2.31. The minimum absolute atomic E-state index is 0.0451. The number of hydrogen-bond acceptors (Lipinski definition) is 4. The van der Waals surface area contributed by atoms with Gasteiger partial charge in [0.15, 0.2) is 17.8 Å². The summed E-state index contributed by atoms with van der Waals surface area (Å²) in [5.74, 6) is -0.536. The highest BCUT2D eigenvalue weighted by Gasteiger charge is 2.30. The van der Waals surface area contributed by atoms with E-state index in [1.165, 1.54) is 6.39 Å². The first kappa shape index (κ1) is 9.21. The van der Waals surface area contributed by atoms with Gasteiger partial charge in [-0.15, -0.1) is 0 Å². The van der Waals surface area contributed by atoms with Crippen LogP contribution >= 0.6 is 0 Å². The van der Waals surface area contributed by atoms with Crippen molar-refractivity contribution in [2.45, 2.75) is 18.9 Å². The maximum absolute atomic E-state index is 10.8. The summed E-state index contributed by atoms with van der Waals surface area (Å²) in [5.41, 5.74) is 0.0451. The van der Waals surface area contributed by atoms with Crippen molar-refractivity contribution in [3.8, 4) is 0 Å². The molecule has 0 spiro atoms. The van der Waals surface area contributed by atoms with Gasteiger partial charge in [0.25, 0.3) is 0 Å². The lowest BCUT2D eigenvalue weighted by Crippen LogP contribution is -2.19. The lowest BCUT2D eigenvalue weighted by molar-refractivity contribution is 0.0686. The van der Waals surface area contributed by atoms with E-state index < -0.39 is 5.97 Å². The van der Waals surface area contributed by atoms with Gasteiger partial charge in [0.2, 0.25) is 0 Å². The number of aromatic nitrogens is 1. The minimum Gasteiger partial charge on any atom is -0.476 e. The van der Waals surface area contributed by atoms with Crippen LogP contribution in [0.15, 0.2) is 10.8 Å². The molecule has 0 aliphatic carbocycles. The van der Waals surface area contributed by atoms with Crippen LogP contribution in [0, 0.1) is 0 Å². The summed E-state index contributed by atoms with van der Waals surface area (Å²) in [6.07, 6.45) is 3.21. The van der Waals surface area contributed by atoms with Crippen molar-refractivity contribution >= 4 is 5.97 Å². The molecule has 0 amide bonds. The standard InChI is InChI=1S/C9H12N2O3/c1-11-4-2-3-6(11)8-7(9(12)13)10-5-14-8/h5-6H,2-4H2,1H3,(H,12,13)/t6-/m0/s1. The van der Waals surface area contributed by atoms with E-state index in [-0.39, 0.29) is 11.7 Å².